The van der Waals surface area contributed by atoms with Crippen molar-refractivity contribution < 1.29 is 9.90 Å². The van der Waals surface area contributed by atoms with Gasteiger partial charge >= 0.3 is 5.97 Å². The summed E-state index contributed by atoms with van der Waals surface area (Å²) in [5.74, 6) is -0.309. The van der Waals surface area contributed by atoms with E-state index in [-0.39, 0.29) is 5.69 Å². The molecule has 2 heterocycles. The summed E-state index contributed by atoms with van der Waals surface area (Å²) in [7, 11) is 0. The largest absolute Gasteiger partial charge is 0.476 e. The number of hydrogen-bond donors (Lipinski definition) is 2. The summed E-state index contributed by atoms with van der Waals surface area (Å²) in [6, 6.07) is 0. The van der Waals surface area contributed by atoms with E-state index < -0.39 is 5.97 Å². The molecule has 1 aromatic rings. The highest BCUT2D eigenvalue weighted by atomic mass is 16.4. The fourth-order valence-corrected chi connectivity index (χ4v) is 1.49. The molecule has 1 aliphatic rings. The zero-order valence-electron chi connectivity index (χ0n) is 8.18. The average molecular weight is 208 g/mol. The molecule has 1 aromatic heterocycles. The van der Waals surface area contributed by atoms with E-state index in [1.807, 2.05) is 0 Å². The van der Waals surface area contributed by atoms with Crippen LogP contribution in [0.3, 0.4) is 0 Å². The van der Waals surface area contributed by atoms with Crippen LogP contribution in [0.1, 0.15) is 10.5 Å². The zero-order chi connectivity index (χ0) is 10.7. The summed E-state index contributed by atoms with van der Waals surface area (Å²) in [4.78, 5) is 20.5. The Balaban J connectivity index is 2.11. The predicted octanol–water partition coefficient (Wildman–Crippen LogP) is -0.416. The summed E-state index contributed by atoms with van der Waals surface area (Å²) in [6.45, 7) is 3.59. The molecule has 6 nitrogen and oxygen atoms in total. The molecule has 0 aliphatic carbocycles. The lowest BCUT2D eigenvalue weighted by atomic mass is 10.3. The molecular formula is C9H12N4O2. The van der Waals surface area contributed by atoms with Crippen molar-refractivity contribution in [3.05, 3.63) is 18.1 Å². The van der Waals surface area contributed by atoms with Crippen molar-refractivity contribution in [2.45, 2.75) is 0 Å². The monoisotopic (exact) mass is 208 g/mol. The van der Waals surface area contributed by atoms with E-state index in [1.165, 1.54) is 12.4 Å². The molecule has 0 bridgehead atoms. The third-order valence-corrected chi connectivity index (χ3v) is 2.30. The number of carboxylic acid groups (broad SMARTS) is 1. The lowest BCUT2D eigenvalue weighted by Gasteiger charge is -2.27. The molecule has 0 spiro atoms. The molecule has 15 heavy (non-hydrogen) atoms. The first-order valence-corrected chi connectivity index (χ1v) is 4.78. The van der Waals surface area contributed by atoms with Gasteiger partial charge in [0.1, 0.15) is 5.82 Å². The van der Waals surface area contributed by atoms with E-state index in [0.29, 0.717) is 0 Å². The summed E-state index contributed by atoms with van der Waals surface area (Å²) in [5.41, 5.74) is -0.0196. The average Bonchev–Trinajstić information content (AvgIpc) is 2.30. The van der Waals surface area contributed by atoms with Crippen LogP contribution in [-0.2, 0) is 0 Å². The second-order valence-corrected chi connectivity index (χ2v) is 3.30. The fourth-order valence-electron chi connectivity index (χ4n) is 1.49. The van der Waals surface area contributed by atoms with E-state index in [0.717, 1.165) is 32.0 Å². The standard InChI is InChI=1S/C9H12N4O2/c14-9(15)7-5-12-8(6-11-7)13-3-1-10-2-4-13/h5-6,10H,1-4H2,(H,14,15). The topological polar surface area (TPSA) is 78.3 Å². The highest BCUT2D eigenvalue weighted by molar-refractivity contribution is 5.84. The summed E-state index contributed by atoms with van der Waals surface area (Å²) in [6.07, 6.45) is 2.80. The van der Waals surface area contributed by atoms with E-state index in [4.69, 9.17) is 5.11 Å². The van der Waals surface area contributed by atoms with E-state index in [2.05, 4.69) is 20.2 Å². The van der Waals surface area contributed by atoms with Crippen LogP contribution in [0.15, 0.2) is 12.4 Å². The summed E-state index contributed by atoms with van der Waals surface area (Å²) in [5, 5.41) is 11.9. The van der Waals surface area contributed by atoms with Gasteiger partial charge in [-0.3, -0.25) is 0 Å². The highest BCUT2D eigenvalue weighted by Gasteiger charge is 2.12. The number of piperazine rings is 1. The van der Waals surface area contributed by atoms with Gasteiger partial charge in [0.05, 0.1) is 12.4 Å². The lowest BCUT2D eigenvalue weighted by Crippen LogP contribution is -2.43. The number of hydrogen-bond acceptors (Lipinski definition) is 5. The Kier molecular flexibility index (Phi) is 2.77. The smallest absolute Gasteiger partial charge is 0.356 e. The second kappa shape index (κ2) is 4.22. The quantitative estimate of drug-likeness (QED) is 0.687. The molecule has 1 saturated heterocycles. The molecule has 0 radical (unpaired) electrons. The Morgan fingerprint density at radius 1 is 1.33 bits per heavy atom. The van der Waals surface area contributed by atoms with Gasteiger partial charge in [0.25, 0.3) is 0 Å². The highest BCUT2D eigenvalue weighted by Crippen LogP contribution is 2.09. The fraction of sp³-hybridized carbons (Fsp3) is 0.444. The van der Waals surface area contributed by atoms with Crippen LogP contribution < -0.4 is 10.2 Å². The number of carboxylic acids is 1. The minimum Gasteiger partial charge on any atom is -0.476 e. The van der Waals surface area contributed by atoms with Gasteiger partial charge < -0.3 is 15.3 Å². The maximum Gasteiger partial charge on any atom is 0.356 e. The van der Waals surface area contributed by atoms with Crippen LogP contribution >= 0.6 is 0 Å². The molecule has 1 aliphatic heterocycles. The normalized spacial score (nSPS) is 16.4. The second-order valence-electron chi connectivity index (χ2n) is 3.30. The first-order valence-electron chi connectivity index (χ1n) is 4.78. The van der Waals surface area contributed by atoms with E-state index >= 15 is 0 Å². The maximum atomic E-state index is 10.6. The predicted molar refractivity (Wildman–Crippen MR) is 54.1 cm³/mol. The number of nitrogens with zero attached hydrogens (tertiary/aromatic N) is 3. The van der Waals surface area contributed by atoms with E-state index in [1.54, 1.807) is 0 Å². The number of carbonyl (C=O) groups is 1. The summed E-state index contributed by atoms with van der Waals surface area (Å²) >= 11 is 0. The van der Waals surface area contributed by atoms with Gasteiger partial charge in [-0.1, -0.05) is 0 Å². The van der Waals surface area contributed by atoms with Crippen LogP contribution in [0.5, 0.6) is 0 Å². The van der Waals surface area contributed by atoms with Crippen molar-refractivity contribution in [3.8, 4) is 0 Å². The maximum absolute atomic E-state index is 10.6. The Morgan fingerprint density at radius 3 is 2.60 bits per heavy atom. The number of rotatable bonds is 2. The Morgan fingerprint density at radius 2 is 2.07 bits per heavy atom. The van der Waals surface area contributed by atoms with Crippen molar-refractivity contribution in [3.63, 3.8) is 0 Å². The van der Waals surface area contributed by atoms with Crippen LogP contribution in [0, 0.1) is 0 Å². The molecule has 2 rings (SSSR count). The van der Waals surface area contributed by atoms with Crippen molar-refractivity contribution >= 4 is 11.8 Å². The summed E-state index contributed by atoms with van der Waals surface area (Å²) < 4.78 is 0. The van der Waals surface area contributed by atoms with Gasteiger partial charge in [-0.15, -0.1) is 0 Å². The molecular weight excluding hydrogens is 196 g/mol. The number of aromatic carboxylic acids is 1. The van der Waals surface area contributed by atoms with Crippen LogP contribution in [0.2, 0.25) is 0 Å². The number of aromatic nitrogens is 2. The minimum absolute atomic E-state index is 0.0196. The molecule has 6 heteroatoms. The number of nitrogens with one attached hydrogen (secondary N) is 1. The molecule has 0 atom stereocenters. The van der Waals surface area contributed by atoms with Crippen LogP contribution in [0.25, 0.3) is 0 Å². The van der Waals surface area contributed by atoms with E-state index in [9.17, 15) is 4.79 Å². The molecule has 0 unspecified atom stereocenters. The van der Waals surface area contributed by atoms with Crippen LogP contribution in [-0.4, -0.2) is 47.2 Å². The van der Waals surface area contributed by atoms with Crippen LogP contribution in [0.4, 0.5) is 5.82 Å². The van der Waals surface area contributed by atoms with Gasteiger partial charge in [0.2, 0.25) is 0 Å². The Labute approximate surface area is 87.0 Å². The first kappa shape index (κ1) is 9.85. The minimum atomic E-state index is -1.05. The van der Waals surface area contributed by atoms with Gasteiger partial charge in [-0.2, -0.15) is 0 Å². The Hall–Kier alpha value is -1.69. The van der Waals surface area contributed by atoms with Crippen molar-refractivity contribution in [1.29, 1.82) is 0 Å². The molecule has 1 fully saturated rings. The zero-order valence-corrected chi connectivity index (χ0v) is 8.18. The molecule has 2 N–H and O–H groups in total. The molecule has 0 saturated carbocycles. The third-order valence-electron chi connectivity index (χ3n) is 2.30. The van der Waals surface area contributed by atoms with Gasteiger partial charge in [-0.25, -0.2) is 14.8 Å². The van der Waals surface area contributed by atoms with Gasteiger partial charge in [0.15, 0.2) is 5.69 Å². The molecule has 0 amide bonds. The van der Waals surface area contributed by atoms with Crippen molar-refractivity contribution in [2.24, 2.45) is 0 Å². The van der Waals surface area contributed by atoms with Crippen molar-refractivity contribution in [1.82, 2.24) is 15.3 Å². The lowest BCUT2D eigenvalue weighted by molar-refractivity contribution is 0.0690. The Bertz CT molecular complexity index is 346. The SMILES string of the molecule is O=C(O)c1cnc(N2CCNCC2)cn1. The number of anilines is 1. The van der Waals surface area contributed by atoms with Gasteiger partial charge in [-0.05, 0) is 0 Å². The van der Waals surface area contributed by atoms with Gasteiger partial charge in [0, 0.05) is 26.2 Å². The first-order chi connectivity index (χ1) is 7.27. The molecule has 0 aromatic carbocycles. The third kappa shape index (κ3) is 2.21. The van der Waals surface area contributed by atoms with Crippen molar-refractivity contribution in [2.75, 3.05) is 31.1 Å². The molecule has 80 valence electrons.